The summed E-state index contributed by atoms with van der Waals surface area (Å²) in [7, 11) is 0. The Morgan fingerprint density at radius 3 is 2.78 bits per heavy atom. The van der Waals surface area contributed by atoms with E-state index in [4.69, 9.17) is 0 Å². The molecule has 0 unspecified atom stereocenters. The second kappa shape index (κ2) is 8.08. The maximum absolute atomic E-state index is 3.71. The first kappa shape index (κ1) is 9.08. The molecule has 0 heterocycles. The number of hydrogen-bond acceptors (Lipinski definition) is 0. The van der Waals surface area contributed by atoms with Crippen molar-refractivity contribution in [3.8, 4) is 0 Å². The first-order valence-corrected chi connectivity index (χ1v) is 4.05. The van der Waals surface area contributed by atoms with Gasteiger partial charge in [0.25, 0.3) is 0 Å². The van der Waals surface area contributed by atoms with Crippen LogP contribution in [0.15, 0.2) is 23.5 Å². The van der Waals surface area contributed by atoms with Gasteiger partial charge >= 0.3 is 64.9 Å². The molecule has 47 valence electrons. The van der Waals surface area contributed by atoms with Crippen molar-refractivity contribution in [3.05, 3.63) is 23.5 Å². The van der Waals surface area contributed by atoms with Crippen molar-refractivity contribution in [2.24, 2.45) is 0 Å². The van der Waals surface area contributed by atoms with E-state index in [0.717, 1.165) is 0 Å². The van der Waals surface area contributed by atoms with Crippen LogP contribution < -0.4 is 0 Å². The molecule has 0 atom stereocenters. The van der Waals surface area contributed by atoms with Gasteiger partial charge in [-0.1, -0.05) is 0 Å². The molecule has 0 N–H and O–H groups in total. The summed E-state index contributed by atoms with van der Waals surface area (Å²) in [6, 6.07) is 0. The molecule has 0 saturated carbocycles. The van der Waals surface area contributed by atoms with Crippen LogP contribution in [0.1, 0.15) is 19.8 Å². The van der Waals surface area contributed by atoms with Gasteiger partial charge < -0.3 is 0 Å². The van der Waals surface area contributed by atoms with E-state index in [1.54, 1.807) is 0 Å². The minimum absolute atomic E-state index is 0.210. The van der Waals surface area contributed by atoms with Gasteiger partial charge in [-0.15, -0.1) is 0 Å². The Morgan fingerprint density at radius 1 is 1.44 bits per heavy atom. The van der Waals surface area contributed by atoms with Crippen LogP contribution in [0.5, 0.6) is 0 Å². The van der Waals surface area contributed by atoms with E-state index >= 15 is 0 Å². The molecule has 5 radical (unpaired) electrons. The summed E-state index contributed by atoms with van der Waals surface area (Å²) in [5, 5.41) is 1.38. The van der Waals surface area contributed by atoms with Crippen molar-refractivity contribution in [2.45, 2.75) is 24.9 Å². The maximum atomic E-state index is 3.71. The van der Waals surface area contributed by atoms with Crippen molar-refractivity contribution in [2.75, 3.05) is 0 Å². The fraction of sp³-hybridized carbons (Fsp3) is 0.500. The molecule has 0 saturated heterocycles. The van der Waals surface area contributed by atoms with Crippen molar-refractivity contribution in [1.29, 1.82) is 0 Å². The van der Waals surface area contributed by atoms with Crippen LogP contribution in [0, 0.1) is 0 Å². The van der Waals surface area contributed by atoms with E-state index in [2.05, 4.69) is 30.4 Å². The molecule has 0 fully saturated rings. The van der Waals surface area contributed by atoms with Crippen LogP contribution in [0.2, 0.25) is 5.09 Å². The molecule has 0 aliphatic carbocycles. The third kappa shape index (κ3) is 8.08. The van der Waals surface area contributed by atoms with Gasteiger partial charge in [0.2, 0.25) is 0 Å². The molecular formula is C8H14Li. The third-order valence-corrected chi connectivity index (χ3v) is 1.44. The van der Waals surface area contributed by atoms with E-state index in [0.29, 0.717) is 0 Å². The Balaban J connectivity index is 2.90. The van der Waals surface area contributed by atoms with Crippen molar-refractivity contribution in [3.63, 3.8) is 0 Å². The molecule has 0 aliphatic rings. The Hall–Kier alpha value is 0.0774. The average molecular weight is 117 g/mol. The molecule has 0 spiro atoms. The van der Waals surface area contributed by atoms with Crippen molar-refractivity contribution in [1.82, 2.24) is 0 Å². The van der Waals surface area contributed by atoms with E-state index in [9.17, 15) is 0 Å². The van der Waals surface area contributed by atoms with Crippen molar-refractivity contribution >= 4 is 16.6 Å². The molecule has 1 heteroatoms. The summed E-state index contributed by atoms with van der Waals surface area (Å²) in [6.07, 6.45) is 6.94. The van der Waals surface area contributed by atoms with Crippen LogP contribution in [0.25, 0.3) is 0 Å². The van der Waals surface area contributed by atoms with Gasteiger partial charge in [0, 0.05) is 0 Å². The minimum atomic E-state index is 0.210. The van der Waals surface area contributed by atoms with Crippen LogP contribution in [0.3, 0.4) is 0 Å². The van der Waals surface area contributed by atoms with Crippen LogP contribution in [-0.4, -0.2) is 16.6 Å². The molecule has 0 amide bonds. The molecule has 0 aromatic heterocycles. The number of hydrogen-bond donors (Lipinski definition) is 0. The molecule has 0 aromatic rings. The van der Waals surface area contributed by atoms with Crippen LogP contribution in [-0.2, 0) is 0 Å². The second-order valence-corrected chi connectivity index (χ2v) is 2.48. The fourth-order valence-corrected chi connectivity index (χ4v) is 0.822. The Morgan fingerprint density at radius 2 is 2.22 bits per heavy atom. The average Bonchev–Trinajstić information content (AvgIpc) is 1.89. The summed E-state index contributed by atoms with van der Waals surface area (Å²) in [5.74, 6) is 0. The van der Waals surface area contributed by atoms with Crippen LogP contribution in [0.4, 0.5) is 0 Å². The number of rotatable bonds is 5. The molecule has 0 aromatic carbocycles. The van der Waals surface area contributed by atoms with E-state index < -0.39 is 0 Å². The van der Waals surface area contributed by atoms with E-state index in [-0.39, 0.29) is 16.6 Å². The Bertz CT molecular complexity index is 84.6. The summed E-state index contributed by atoms with van der Waals surface area (Å²) in [5.41, 5.74) is 0. The second-order valence-electron chi connectivity index (χ2n) is 2.48. The molecule has 0 bridgehead atoms. The zero-order valence-electron chi connectivity index (χ0n) is 6.56. The molecule has 0 aliphatic heterocycles. The van der Waals surface area contributed by atoms with Gasteiger partial charge in [0.05, 0.1) is 0 Å². The normalized spacial score (nSPS) is 10.3. The van der Waals surface area contributed by atoms with Gasteiger partial charge in [-0.3, -0.25) is 0 Å². The topological polar surface area (TPSA) is 0 Å². The first-order chi connectivity index (χ1) is 4.41. The zero-order chi connectivity index (χ0) is 6.95. The van der Waals surface area contributed by atoms with Gasteiger partial charge in [-0.05, 0) is 0 Å². The summed E-state index contributed by atoms with van der Waals surface area (Å²) in [6.45, 7) is 5.88. The molecular weight excluding hydrogens is 103 g/mol. The van der Waals surface area contributed by atoms with Crippen molar-refractivity contribution < 1.29 is 0 Å². The SMILES string of the molecule is C=[CH][Li][CH2]CC=CCC. The van der Waals surface area contributed by atoms with Gasteiger partial charge in [0.15, 0.2) is 0 Å². The summed E-state index contributed by atoms with van der Waals surface area (Å²) in [4.78, 5) is 0. The zero-order valence-corrected chi connectivity index (χ0v) is 6.56. The monoisotopic (exact) mass is 117 g/mol. The third-order valence-electron chi connectivity index (χ3n) is 1.44. The predicted octanol–water partition coefficient (Wildman–Crippen LogP) is 2.61. The standard InChI is InChI=1S/C6H11.C2H3.Li/c1-3-5-6-4-2;1-2;/h5-6H,1,3-4H2,2H3;1H,2H2;. The van der Waals surface area contributed by atoms with E-state index in [1.807, 2.05) is 0 Å². The fourth-order valence-electron chi connectivity index (χ4n) is 0.822. The molecule has 9 heavy (non-hydrogen) atoms. The van der Waals surface area contributed by atoms with Gasteiger partial charge in [0.1, 0.15) is 0 Å². The first-order valence-electron chi connectivity index (χ1n) is 4.05. The van der Waals surface area contributed by atoms with Gasteiger partial charge in [-0.2, -0.15) is 0 Å². The number of allylic oxidation sites excluding steroid dienone is 2. The predicted molar refractivity (Wildman–Crippen MR) is 44.8 cm³/mol. The molecule has 0 rings (SSSR count). The summed E-state index contributed by atoms with van der Waals surface area (Å²) >= 11 is 0.210. The quantitative estimate of drug-likeness (QED) is 0.295. The van der Waals surface area contributed by atoms with E-state index in [1.165, 1.54) is 17.9 Å². The van der Waals surface area contributed by atoms with Gasteiger partial charge in [-0.25, -0.2) is 0 Å². The Kier molecular flexibility index (Phi) is 8.15. The Labute approximate surface area is 65.3 Å². The molecule has 0 nitrogen and oxygen atoms in total. The van der Waals surface area contributed by atoms with Crippen LogP contribution >= 0.6 is 0 Å². The summed E-state index contributed by atoms with van der Waals surface area (Å²) < 4.78 is 2.10.